The number of hydrogen-bond donors (Lipinski definition) is 1. The van der Waals surface area contributed by atoms with E-state index in [4.69, 9.17) is 5.11 Å². The van der Waals surface area contributed by atoms with Gasteiger partial charge in [-0.2, -0.15) is 0 Å². The largest absolute Gasteiger partial charge is 0.481 e. The highest BCUT2D eigenvalue weighted by Gasteiger charge is 2.25. The molecular formula is C9H10N2O2. The normalized spacial score (nSPS) is 15.7. The topological polar surface area (TPSA) is 63.1 Å². The molecule has 0 atom stereocenters. The Morgan fingerprint density at radius 1 is 1.54 bits per heavy atom. The summed E-state index contributed by atoms with van der Waals surface area (Å²) in [5.74, 6) is -0.295. The van der Waals surface area contributed by atoms with Gasteiger partial charge in [0.2, 0.25) is 0 Å². The van der Waals surface area contributed by atoms with Gasteiger partial charge in [-0.25, -0.2) is 9.97 Å². The van der Waals surface area contributed by atoms with Gasteiger partial charge < -0.3 is 5.11 Å². The third-order valence-corrected chi connectivity index (χ3v) is 2.07. The minimum Gasteiger partial charge on any atom is -0.481 e. The van der Waals surface area contributed by atoms with Gasteiger partial charge in [0.1, 0.15) is 6.33 Å². The van der Waals surface area contributed by atoms with Crippen LogP contribution in [0.15, 0.2) is 12.4 Å². The van der Waals surface area contributed by atoms with Gasteiger partial charge in [-0.15, -0.1) is 0 Å². The molecule has 1 N–H and O–H groups in total. The Hall–Kier alpha value is -1.45. The van der Waals surface area contributed by atoms with Crippen molar-refractivity contribution in [3.63, 3.8) is 0 Å². The lowest BCUT2D eigenvalue weighted by atomic mass is 10.2. The number of nitrogens with zero attached hydrogens (tertiary/aromatic N) is 2. The Balaban J connectivity index is 2.16. The fourth-order valence-electron chi connectivity index (χ4n) is 1.27. The second-order valence-electron chi connectivity index (χ2n) is 3.28. The van der Waals surface area contributed by atoms with Gasteiger partial charge in [-0.3, -0.25) is 4.79 Å². The minimum atomic E-state index is -0.847. The van der Waals surface area contributed by atoms with E-state index in [-0.39, 0.29) is 6.42 Å². The summed E-state index contributed by atoms with van der Waals surface area (Å²) in [6, 6.07) is 1.80. The van der Waals surface area contributed by atoms with E-state index < -0.39 is 5.97 Å². The Kier molecular flexibility index (Phi) is 1.96. The number of carbonyl (C=O) groups is 1. The molecule has 1 heterocycles. The van der Waals surface area contributed by atoms with Crippen LogP contribution in [-0.4, -0.2) is 21.0 Å². The first-order chi connectivity index (χ1) is 6.25. The van der Waals surface area contributed by atoms with Crippen molar-refractivity contribution in [2.24, 2.45) is 0 Å². The Morgan fingerprint density at radius 3 is 2.92 bits per heavy atom. The van der Waals surface area contributed by atoms with E-state index in [9.17, 15) is 4.79 Å². The van der Waals surface area contributed by atoms with Crippen LogP contribution in [0.25, 0.3) is 0 Å². The molecule has 0 radical (unpaired) electrons. The van der Waals surface area contributed by atoms with Gasteiger partial charge >= 0.3 is 5.97 Å². The molecule has 0 amide bonds. The molecule has 0 bridgehead atoms. The van der Waals surface area contributed by atoms with E-state index in [0.29, 0.717) is 11.6 Å². The van der Waals surface area contributed by atoms with Crippen molar-refractivity contribution >= 4 is 5.97 Å². The smallest absolute Gasteiger partial charge is 0.309 e. The number of hydrogen-bond acceptors (Lipinski definition) is 3. The monoisotopic (exact) mass is 178 g/mol. The summed E-state index contributed by atoms with van der Waals surface area (Å²) in [4.78, 5) is 18.4. The summed E-state index contributed by atoms with van der Waals surface area (Å²) in [5, 5.41) is 8.55. The maximum absolute atomic E-state index is 10.4. The molecule has 1 saturated carbocycles. The molecule has 2 rings (SSSR count). The second-order valence-corrected chi connectivity index (χ2v) is 3.28. The number of aliphatic carboxylic acids is 1. The van der Waals surface area contributed by atoms with Gasteiger partial charge in [-0.1, -0.05) is 0 Å². The molecule has 0 spiro atoms. The van der Waals surface area contributed by atoms with E-state index in [2.05, 4.69) is 9.97 Å². The summed E-state index contributed by atoms with van der Waals surface area (Å²) in [6.45, 7) is 0. The van der Waals surface area contributed by atoms with Crippen LogP contribution in [0.1, 0.15) is 30.1 Å². The average molecular weight is 178 g/mol. The fourth-order valence-corrected chi connectivity index (χ4v) is 1.27. The highest BCUT2D eigenvalue weighted by atomic mass is 16.4. The molecule has 0 saturated heterocycles. The van der Waals surface area contributed by atoms with E-state index >= 15 is 0 Å². The van der Waals surface area contributed by atoms with Crippen LogP contribution in [0, 0.1) is 0 Å². The molecule has 4 nitrogen and oxygen atoms in total. The summed E-state index contributed by atoms with van der Waals surface area (Å²) in [5.41, 5.74) is 1.59. The first-order valence-electron chi connectivity index (χ1n) is 4.28. The van der Waals surface area contributed by atoms with Crippen LogP contribution in [0.3, 0.4) is 0 Å². The Morgan fingerprint density at radius 2 is 2.31 bits per heavy atom. The SMILES string of the molecule is O=C(O)Cc1cc(C2CC2)ncn1. The molecule has 13 heavy (non-hydrogen) atoms. The van der Waals surface area contributed by atoms with Crippen LogP contribution in [-0.2, 0) is 11.2 Å². The number of carboxylic acids is 1. The zero-order valence-corrected chi connectivity index (χ0v) is 7.10. The lowest BCUT2D eigenvalue weighted by molar-refractivity contribution is -0.136. The van der Waals surface area contributed by atoms with Crippen molar-refractivity contribution in [2.45, 2.75) is 25.2 Å². The van der Waals surface area contributed by atoms with Crippen molar-refractivity contribution in [2.75, 3.05) is 0 Å². The van der Waals surface area contributed by atoms with E-state index in [0.717, 1.165) is 5.69 Å². The first kappa shape index (κ1) is 8.16. The van der Waals surface area contributed by atoms with Gasteiger partial charge in [0, 0.05) is 11.6 Å². The van der Waals surface area contributed by atoms with Gasteiger partial charge in [-0.05, 0) is 18.9 Å². The summed E-state index contributed by atoms with van der Waals surface area (Å²) < 4.78 is 0. The lowest BCUT2D eigenvalue weighted by Gasteiger charge is -1.98. The van der Waals surface area contributed by atoms with Crippen molar-refractivity contribution < 1.29 is 9.90 Å². The molecular weight excluding hydrogens is 168 g/mol. The summed E-state index contributed by atoms with van der Waals surface area (Å²) in [6.07, 6.45) is 3.78. The fraction of sp³-hybridized carbons (Fsp3) is 0.444. The van der Waals surface area contributed by atoms with Gasteiger partial charge in [0.25, 0.3) is 0 Å². The predicted octanol–water partition coefficient (Wildman–Crippen LogP) is 0.981. The molecule has 1 aliphatic rings. The highest BCUT2D eigenvalue weighted by Crippen LogP contribution is 2.38. The molecule has 0 aliphatic heterocycles. The summed E-state index contributed by atoms with van der Waals surface area (Å²) >= 11 is 0. The average Bonchev–Trinajstić information content (AvgIpc) is 2.85. The lowest BCUT2D eigenvalue weighted by Crippen LogP contribution is -2.03. The molecule has 1 fully saturated rings. The maximum atomic E-state index is 10.4. The standard InChI is InChI=1S/C9H10N2O2/c12-9(13)4-7-3-8(6-1-2-6)11-5-10-7/h3,5-6H,1-2,4H2,(H,12,13). The number of carboxylic acid groups (broad SMARTS) is 1. The summed E-state index contributed by atoms with van der Waals surface area (Å²) in [7, 11) is 0. The molecule has 4 heteroatoms. The molecule has 68 valence electrons. The van der Waals surface area contributed by atoms with E-state index in [1.807, 2.05) is 0 Å². The van der Waals surface area contributed by atoms with Gasteiger partial charge in [0.15, 0.2) is 0 Å². The van der Waals surface area contributed by atoms with Gasteiger partial charge in [0.05, 0.1) is 12.1 Å². The zero-order chi connectivity index (χ0) is 9.26. The third kappa shape index (κ3) is 2.02. The zero-order valence-electron chi connectivity index (χ0n) is 7.10. The van der Waals surface area contributed by atoms with Crippen molar-refractivity contribution in [3.8, 4) is 0 Å². The van der Waals surface area contributed by atoms with Crippen molar-refractivity contribution in [3.05, 3.63) is 23.8 Å². The highest BCUT2D eigenvalue weighted by molar-refractivity contribution is 5.69. The van der Waals surface area contributed by atoms with Crippen LogP contribution in [0.2, 0.25) is 0 Å². The Labute approximate surface area is 75.6 Å². The molecule has 0 unspecified atom stereocenters. The van der Waals surface area contributed by atoms with E-state index in [1.54, 1.807) is 6.07 Å². The predicted molar refractivity (Wildman–Crippen MR) is 45.3 cm³/mol. The van der Waals surface area contributed by atoms with Crippen LogP contribution in [0.5, 0.6) is 0 Å². The Bertz CT molecular complexity index is 334. The van der Waals surface area contributed by atoms with E-state index in [1.165, 1.54) is 19.2 Å². The number of rotatable bonds is 3. The second kappa shape index (κ2) is 3.12. The molecule has 1 aromatic heterocycles. The number of aromatic nitrogens is 2. The van der Waals surface area contributed by atoms with Crippen molar-refractivity contribution in [1.29, 1.82) is 0 Å². The molecule has 1 aromatic rings. The first-order valence-corrected chi connectivity index (χ1v) is 4.28. The maximum Gasteiger partial charge on any atom is 0.309 e. The molecule has 0 aromatic carbocycles. The quantitative estimate of drug-likeness (QED) is 0.749. The third-order valence-electron chi connectivity index (χ3n) is 2.07. The van der Waals surface area contributed by atoms with Crippen LogP contribution >= 0.6 is 0 Å². The van der Waals surface area contributed by atoms with Crippen LogP contribution < -0.4 is 0 Å². The van der Waals surface area contributed by atoms with Crippen molar-refractivity contribution in [1.82, 2.24) is 9.97 Å². The molecule has 1 aliphatic carbocycles. The van der Waals surface area contributed by atoms with Crippen LogP contribution in [0.4, 0.5) is 0 Å². The minimum absolute atomic E-state index is 0.0117.